The fraction of sp³-hybridized carbons (Fsp3) is 0.538. The van der Waals surface area contributed by atoms with E-state index in [1.165, 1.54) is 19.1 Å². The van der Waals surface area contributed by atoms with E-state index in [4.69, 9.17) is 0 Å². The van der Waals surface area contributed by atoms with E-state index in [9.17, 15) is 21.6 Å². The zero-order chi connectivity index (χ0) is 16.3. The van der Waals surface area contributed by atoms with E-state index in [1.807, 2.05) is 6.92 Å². The summed E-state index contributed by atoms with van der Waals surface area (Å²) in [6, 6.07) is 5.87. The number of nitrogens with zero attached hydrogens (tertiary/aromatic N) is 1. The second kappa shape index (κ2) is 6.76. The summed E-state index contributed by atoms with van der Waals surface area (Å²) in [5, 5.41) is 3.00. The Balaban J connectivity index is 3.06. The van der Waals surface area contributed by atoms with Crippen LogP contribution in [0, 0.1) is 0 Å². The summed E-state index contributed by atoms with van der Waals surface area (Å²) in [7, 11) is -2.38. The molecule has 0 amide bonds. The van der Waals surface area contributed by atoms with Gasteiger partial charge >= 0.3 is 6.18 Å². The zero-order valence-corrected chi connectivity index (χ0v) is 12.9. The molecule has 0 aliphatic carbocycles. The molecule has 1 atom stereocenters. The van der Waals surface area contributed by atoms with Crippen molar-refractivity contribution in [2.24, 2.45) is 0 Å². The van der Waals surface area contributed by atoms with Gasteiger partial charge in [0.15, 0.2) is 0 Å². The lowest BCUT2D eigenvalue weighted by Crippen LogP contribution is -2.38. The Morgan fingerprint density at radius 1 is 1.24 bits per heavy atom. The van der Waals surface area contributed by atoms with E-state index >= 15 is 0 Å². The van der Waals surface area contributed by atoms with Crippen LogP contribution in [-0.2, 0) is 10.0 Å². The van der Waals surface area contributed by atoms with Crippen molar-refractivity contribution in [3.8, 4) is 0 Å². The van der Waals surface area contributed by atoms with Crippen LogP contribution in [0.5, 0.6) is 0 Å². The van der Waals surface area contributed by atoms with E-state index in [1.54, 1.807) is 19.2 Å². The van der Waals surface area contributed by atoms with E-state index in [0.29, 0.717) is 4.31 Å². The van der Waals surface area contributed by atoms with Gasteiger partial charge in [0.05, 0.1) is 4.90 Å². The van der Waals surface area contributed by atoms with Gasteiger partial charge in [-0.15, -0.1) is 0 Å². The van der Waals surface area contributed by atoms with Crippen LogP contribution in [0.4, 0.5) is 13.2 Å². The third-order valence-corrected chi connectivity index (χ3v) is 5.09. The van der Waals surface area contributed by atoms with Crippen LogP contribution in [0.25, 0.3) is 0 Å². The molecular weight excluding hydrogens is 305 g/mol. The maximum Gasteiger partial charge on any atom is 0.402 e. The predicted molar refractivity (Wildman–Crippen MR) is 74.4 cm³/mol. The summed E-state index contributed by atoms with van der Waals surface area (Å²) in [5.41, 5.74) is 0.857. The first-order valence-electron chi connectivity index (χ1n) is 6.46. The molecule has 1 aromatic carbocycles. The molecule has 0 bridgehead atoms. The Bertz CT molecular complexity index is 556. The van der Waals surface area contributed by atoms with Gasteiger partial charge in [0.1, 0.15) is 6.54 Å². The molecule has 1 rings (SSSR count). The standard InChI is InChI=1S/C13H19F3N2O2S/c1-4-18(9-13(14,15)16)21(19,20)12-7-5-11(6-8-12)10(2)17-3/h5-8,10,17H,4,9H2,1-3H3. The third-order valence-electron chi connectivity index (χ3n) is 3.16. The number of hydrogen-bond acceptors (Lipinski definition) is 3. The predicted octanol–water partition coefficient (Wildman–Crippen LogP) is 2.54. The number of hydrogen-bond donors (Lipinski definition) is 1. The summed E-state index contributed by atoms with van der Waals surface area (Å²) < 4.78 is 62.1. The fourth-order valence-corrected chi connectivity index (χ4v) is 3.25. The van der Waals surface area contributed by atoms with E-state index in [0.717, 1.165) is 5.56 Å². The summed E-state index contributed by atoms with van der Waals surface area (Å²) in [6.45, 7) is 1.54. The molecule has 0 aliphatic heterocycles. The lowest BCUT2D eigenvalue weighted by atomic mass is 10.1. The fourth-order valence-electron chi connectivity index (χ4n) is 1.81. The minimum atomic E-state index is -4.57. The number of benzene rings is 1. The maximum atomic E-state index is 12.4. The van der Waals surface area contributed by atoms with Crippen molar-refractivity contribution >= 4 is 10.0 Å². The van der Waals surface area contributed by atoms with Crippen LogP contribution in [-0.4, -0.2) is 39.0 Å². The molecule has 120 valence electrons. The van der Waals surface area contributed by atoms with Gasteiger partial charge in [-0.1, -0.05) is 19.1 Å². The molecule has 0 fully saturated rings. The van der Waals surface area contributed by atoms with Gasteiger partial charge < -0.3 is 5.32 Å². The monoisotopic (exact) mass is 324 g/mol. The highest BCUT2D eigenvalue weighted by molar-refractivity contribution is 7.89. The Hall–Kier alpha value is -1.12. The molecule has 8 heteroatoms. The van der Waals surface area contributed by atoms with Crippen molar-refractivity contribution in [1.82, 2.24) is 9.62 Å². The average molecular weight is 324 g/mol. The van der Waals surface area contributed by atoms with Crippen LogP contribution in [0.2, 0.25) is 0 Å². The van der Waals surface area contributed by atoms with Crippen LogP contribution in [0.1, 0.15) is 25.5 Å². The molecule has 0 radical (unpaired) electrons. The Kier molecular flexibility index (Phi) is 5.77. The second-order valence-corrected chi connectivity index (χ2v) is 6.56. The molecule has 0 heterocycles. The summed E-state index contributed by atoms with van der Waals surface area (Å²) in [4.78, 5) is -0.138. The minimum Gasteiger partial charge on any atom is -0.313 e. The topological polar surface area (TPSA) is 49.4 Å². The molecule has 4 nitrogen and oxygen atoms in total. The Labute approximate surface area is 123 Å². The molecule has 1 aromatic rings. The largest absolute Gasteiger partial charge is 0.402 e. The second-order valence-electron chi connectivity index (χ2n) is 4.63. The first-order valence-corrected chi connectivity index (χ1v) is 7.90. The summed E-state index contributed by atoms with van der Waals surface area (Å²) >= 11 is 0. The van der Waals surface area contributed by atoms with Gasteiger partial charge in [0, 0.05) is 12.6 Å². The third kappa shape index (κ3) is 4.69. The Morgan fingerprint density at radius 2 is 1.76 bits per heavy atom. The first kappa shape index (κ1) is 17.9. The molecule has 1 N–H and O–H groups in total. The SMILES string of the molecule is CCN(CC(F)(F)F)S(=O)(=O)c1ccc(C(C)NC)cc1. The number of halogens is 3. The van der Waals surface area contributed by atoms with Gasteiger partial charge in [-0.2, -0.15) is 17.5 Å². The van der Waals surface area contributed by atoms with Gasteiger partial charge in [-0.3, -0.25) is 0 Å². The van der Waals surface area contributed by atoms with Gasteiger partial charge in [-0.05, 0) is 31.7 Å². The molecule has 0 spiro atoms. The highest BCUT2D eigenvalue weighted by Crippen LogP contribution is 2.23. The normalized spacial score (nSPS) is 14.4. The molecule has 0 saturated heterocycles. The maximum absolute atomic E-state index is 12.4. The smallest absolute Gasteiger partial charge is 0.313 e. The average Bonchev–Trinajstić information content (AvgIpc) is 2.42. The minimum absolute atomic E-state index is 0.0270. The quantitative estimate of drug-likeness (QED) is 0.875. The zero-order valence-electron chi connectivity index (χ0n) is 12.1. The van der Waals surface area contributed by atoms with Crippen LogP contribution < -0.4 is 5.32 Å². The van der Waals surface area contributed by atoms with Gasteiger partial charge in [0.2, 0.25) is 10.0 Å². The van der Waals surface area contributed by atoms with Crippen LogP contribution >= 0.6 is 0 Å². The van der Waals surface area contributed by atoms with Crippen molar-refractivity contribution in [3.05, 3.63) is 29.8 Å². The van der Waals surface area contributed by atoms with Gasteiger partial charge in [-0.25, -0.2) is 8.42 Å². The highest BCUT2D eigenvalue weighted by Gasteiger charge is 2.36. The molecule has 0 aromatic heterocycles. The van der Waals surface area contributed by atoms with E-state index in [2.05, 4.69) is 5.32 Å². The lowest BCUT2D eigenvalue weighted by Gasteiger charge is -2.22. The van der Waals surface area contributed by atoms with Crippen LogP contribution in [0.3, 0.4) is 0 Å². The van der Waals surface area contributed by atoms with E-state index < -0.39 is 22.7 Å². The molecule has 21 heavy (non-hydrogen) atoms. The molecule has 1 unspecified atom stereocenters. The summed E-state index contributed by atoms with van der Waals surface area (Å²) in [6.07, 6.45) is -4.57. The van der Waals surface area contributed by atoms with Crippen molar-refractivity contribution in [1.29, 1.82) is 0 Å². The molecule has 0 aliphatic rings. The highest BCUT2D eigenvalue weighted by atomic mass is 32.2. The molecule has 0 saturated carbocycles. The van der Waals surface area contributed by atoms with Crippen molar-refractivity contribution in [3.63, 3.8) is 0 Å². The van der Waals surface area contributed by atoms with Crippen molar-refractivity contribution in [2.45, 2.75) is 31.0 Å². The van der Waals surface area contributed by atoms with Crippen molar-refractivity contribution in [2.75, 3.05) is 20.1 Å². The number of sulfonamides is 1. The first-order chi connectivity index (χ1) is 9.61. The van der Waals surface area contributed by atoms with Crippen LogP contribution in [0.15, 0.2) is 29.2 Å². The number of rotatable bonds is 6. The number of nitrogens with one attached hydrogen (secondary N) is 1. The van der Waals surface area contributed by atoms with Gasteiger partial charge in [0.25, 0.3) is 0 Å². The lowest BCUT2D eigenvalue weighted by molar-refractivity contribution is -0.135. The summed E-state index contributed by atoms with van der Waals surface area (Å²) in [5.74, 6) is 0. The Morgan fingerprint density at radius 3 is 2.14 bits per heavy atom. The molecular formula is C13H19F3N2O2S. The van der Waals surface area contributed by atoms with Crippen molar-refractivity contribution < 1.29 is 21.6 Å². The van der Waals surface area contributed by atoms with E-state index in [-0.39, 0.29) is 17.5 Å². The number of alkyl halides is 3.